The molecule has 0 aliphatic rings. The number of hydrogen-bond acceptors (Lipinski definition) is 10. The van der Waals surface area contributed by atoms with Crippen LogP contribution in [0.5, 0.6) is 5.75 Å². The smallest absolute Gasteiger partial charge is 0.408 e. The SMILES string of the molecule is CC[C@H](C)[C@@H](CO)NC(=O)C[C@H](O)[C@H](CC(C)C)NC(=O)C(Cc1cscn1)NC(=O)[C@H](Cc1cccc2ccccc12)NC(=O)OCc1ccc(OC)cc1. The van der Waals surface area contributed by atoms with Crippen molar-refractivity contribution in [1.29, 1.82) is 0 Å². The molecular formula is C42H55N5O8S. The average molecular weight is 790 g/mol. The largest absolute Gasteiger partial charge is 0.497 e. The van der Waals surface area contributed by atoms with E-state index in [0.29, 0.717) is 17.9 Å². The fraction of sp³-hybridized carbons (Fsp3) is 0.452. The summed E-state index contributed by atoms with van der Waals surface area (Å²) < 4.78 is 10.7. The van der Waals surface area contributed by atoms with Gasteiger partial charge in [-0.05, 0) is 52.3 Å². The molecule has 0 bridgehead atoms. The number of thiazole rings is 1. The summed E-state index contributed by atoms with van der Waals surface area (Å²) in [7, 11) is 1.56. The molecule has 4 rings (SSSR count). The number of rotatable bonds is 21. The van der Waals surface area contributed by atoms with Crippen molar-refractivity contribution in [3.8, 4) is 5.75 Å². The second-order valence-electron chi connectivity index (χ2n) is 14.5. The number of aromatic nitrogens is 1. The zero-order chi connectivity index (χ0) is 40.6. The third-order valence-electron chi connectivity index (χ3n) is 9.76. The zero-order valence-electron chi connectivity index (χ0n) is 32.7. The van der Waals surface area contributed by atoms with Crippen LogP contribution in [-0.2, 0) is 38.6 Å². The molecule has 4 amide bonds. The highest BCUT2D eigenvalue weighted by atomic mass is 32.1. The molecule has 6 N–H and O–H groups in total. The summed E-state index contributed by atoms with van der Waals surface area (Å²) >= 11 is 1.34. The molecule has 6 atom stereocenters. The average Bonchev–Trinajstić information content (AvgIpc) is 3.71. The van der Waals surface area contributed by atoms with E-state index in [0.717, 1.165) is 28.3 Å². The van der Waals surface area contributed by atoms with Crippen molar-refractivity contribution in [2.24, 2.45) is 11.8 Å². The minimum atomic E-state index is -1.26. The third kappa shape index (κ3) is 13.3. The molecule has 0 fully saturated rings. The van der Waals surface area contributed by atoms with E-state index < -0.39 is 54.1 Å². The molecule has 13 nitrogen and oxygen atoms in total. The first-order chi connectivity index (χ1) is 26.9. The Balaban J connectivity index is 1.55. The molecule has 0 spiro atoms. The lowest BCUT2D eigenvalue weighted by Gasteiger charge is -2.29. The molecule has 14 heteroatoms. The van der Waals surface area contributed by atoms with Gasteiger partial charge in [0.1, 0.15) is 24.4 Å². The molecule has 302 valence electrons. The van der Waals surface area contributed by atoms with Crippen LogP contribution in [0, 0.1) is 11.8 Å². The van der Waals surface area contributed by atoms with E-state index in [-0.39, 0.29) is 44.3 Å². The monoisotopic (exact) mass is 789 g/mol. The summed E-state index contributed by atoms with van der Waals surface area (Å²) in [6, 6.07) is 16.9. The molecule has 0 radical (unpaired) electrons. The Kier molecular flexibility index (Phi) is 17.1. The van der Waals surface area contributed by atoms with Crippen molar-refractivity contribution < 1.29 is 38.9 Å². The Hall–Kier alpha value is -5.05. The maximum absolute atomic E-state index is 14.2. The predicted molar refractivity (Wildman–Crippen MR) is 216 cm³/mol. The number of nitrogens with one attached hydrogen (secondary N) is 4. The number of aliphatic hydroxyl groups is 2. The second kappa shape index (κ2) is 21.9. The standard InChI is InChI=1S/C42H55N5O8S/c1-6-27(4)37(22-48)44-39(50)21-38(49)34(18-26(2)3)45-41(52)36(20-31-24-56-25-43-31)46-40(51)35(19-30-12-9-11-29-10-7-8-13-33(29)30)47-42(53)55-23-28-14-16-32(54-5)17-15-28/h7-17,24-27,34-38,48-49H,6,18-23H2,1-5H3,(H,44,50)(H,45,52)(H,46,51)(H,47,53)/t27-,34-,35-,36?,37+,38-/m0/s1. The van der Waals surface area contributed by atoms with E-state index in [1.165, 1.54) is 11.3 Å². The second-order valence-corrected chi connectivity index (χ2v) is 15.2. The molecular weight excluding hydrogens is 735 g/mol. The molecule has 0 aliphatic carbocycles. The summed E-state index contributed by atoms with van der Waals surface area (Å²) in [5.74, 6) is -0.950. The third-order valence-corrected chi connectivity index (χ3v) is 10.4. The number of benzene rings is 3. The highest BCUT2D eigenvalue weighted by molar-refractivity contribution is 7.07. The van der Waals surface area contributed by atoms with Crippen LogP contribution in [0.3, 0.4) is 0 Å². The van der Waals surface area contributed by atoms with E-state index >= 15 is 0 Å². The molecule has 1 unspecified atom stereocenters. The Labute approximate surface area is 332 Å². The molecule has 0 aliphatic heterocycles. The minimum Gasteiger partial charge on any atom is -0.497 e. The van der Waals surface area contributed by atoms with Gasteiger partial charge in [-0.2, -0.15) is 0 Å². The van der Waals surface area contributed by atoms with Gasteiger partial charge < -0.3 is 41.0 Å². The summed E-state index contributed by atoms with van der Waals surface area (Å²) in [5, 5.41) is 36.0. The Morgan fingerprint density at radius 1 is 0.839 bits per heavy atom. The van der Waals surface area contributed by atoms with E-state index in [9.17, 15) is 29.4 Å². The lowest BCUT2D eigenvalue weighted by molar-refractivity contribution is -0.131. The van der Waals surface area contributed by atoms with Crippen molar-refractivity contribution >= 4 is 45.9 Å². The van der Waals surface area contributed by atoms with Gasteiger partial charge in [-0.15, -0.1) is 11.3 Å². The van der Waals surface area contributed by atoms with Crippen LogP contribution in [0.4, 0.5) is 4.79 Å². The van der Waals surface area contributed by atoms with Crippen LogP contribution in [0.25, 0.3) is 10.8 Å². The predicted octanol–water partition coefficient (Wildman–Crippen LogP) is 4.68. The van der Waals surface area contributed by atoms with Gasteiger partial charge in [-0.3, -0.25) is 14.4 Å². The number of aliphatic hydroxyl groups excluding tert-OH is 2. The molecule has 56 heavy (non-hydrogen) atoms. The first-order valence-electron chi connectivity index (χ1n) is 19.0. The van der Waals surface area contributed by atoms with Crippen LogP contribution in [0.1, 0.15) is 63.8 Å². The summed E-state index contributed by atoms with van der Waals surface area (Å²) in [5.41, 5.74) is 3.71. The fourth-order valence-corrected chi connectivity index (χ4v) is 6.91. The number of ether oxygens (including phenoxy) is 2. The van der Waals surface area contributed by atoms with E-state index in [2.05, 4.69) is 26.3 Å². The fourth-order valence-electron chi connectivity index (χ4n) is 6.34. The Morgan fingerprint density at radius 3 is 2.20 bits per heavy atom. The Morgan fingerprint density at radius 2 is 1.54 bits per heavy atom. The van der Waals surface area contributed by atoms with Crippen molar-refractivity contribution in [3.05, 3.63) is 94.4 Å². The number of fused-ring (bicyclic) bond motifs is 1. The number of alkyl carbamates (subject to hydrolysis) is 1. The number of nitrogens with zero attached hydrogens (tertiary/aromatic N) is 1. The number of methoxy groups -OCH3 is 1. The summed E-state index contributed by atoms with van der Waals surface area (Å²) in [4.78, 5) is 58.9. The van der Waals surface area contributed by atoms with Crippen molar-refractivity contribution in [2.45, 2.75) is 96.7 Å². The van der Waals surface area contributed by atoms with Gasteiger partial charge in [0, 0.05) is 18.2 Å². The van der Waals surface area contributed by atoms with Gasteiger partial charge in [0.25, 0.3) is 0 Å². The minimum absolute atomic E-state index is 0.0246. The first-order valence-corrected chi connectivity index (χ1v) is 19.9. The van der Waals surface area contributed by atoms with Gasteiger partial charge >= 0.3 is 6.09 Å². The van der Waals surface area contributed by atoms with Crippen LogP contribution in [0.15, 0.2) is 77.6 Å². The lowest BCUT2D eigenvalue weighted by Crippen LogP contribution is -2.57. The van der Waals surface area contributed by atoms with Gasteiger partial charge in [0.2, 0.25) is 17.7 Å². The van der Waals surface area contributed by atoms with Crippen molar-refractivity contribution in [3.63, 3.8) is 0 Å². The number of carbonyl (C=O) groups is 4. The van der Waals surface area contributed by atoms with E-state index in [1.807, 2.05) is 70.2 Å². The van der Waals surface area contributed by atoms with Gasteiger partial charge in [-0.1, -0.05) is 88.7 Å². The maximum atomic E-state index is 14.2. The topological polar surface area (TPSA) is 188 Å². The van der Waals surface area contributed by atoms with E-state index in [1.54, 1.807) is 42.3 Å². The highest BCUT2D eigenvalue weighted by Crippen LogP contribution is 2.21. The highest BCUT2D eigenvalue weighted by Gasteiger charge is 2.32. The van der Waals surface area contributed by atoms with Crippen LogP contribution < -0.4 is 26.0 Å². The summed E-state index contributed by atoms with van der Waals surface area (Å²) in [6.45, 7) is 7.45. The molecule has 3 aromatic carbocycles. The number of hydrogen-bond donors (Lipinski definition) is 6. The van der Waals surface area contributed by atoms with Gasteiger partial charge in [0.15, 0.2) is 0 Å². The molecule has 1 heterocycles. The quantitative estimate of drug-likeness (QED) is 0.0697. The number of amides is 4. The molecule has 0 saturated heterocycles. The normalized spacial score (nSPS) is 14.5. The summed E-state index contributed by atoms with van der Waals surface area (Å²) in [6.07, 6.45) is -1.17. The van der Waals surface area contributed by atoms with E-state index in [4.69, 9.17) is 9.47 Å². The van der Waals surface area contributed by atoms with Gasteiger partial charge in [-0.25, -0.2) is 9.78 Å². The van der Waals surface area contributed by atoms with Crippen molar-refractivity contribution in [2.75, 3.05) is 13.7 Å². The van der Waals surface area contributed by atoms with Crippen LogP contribution in [0.2, 0.25) is 0 Å². The maximum Gasteiger partial charge on any atom is 0.408 e. The molecule has 4 aromatic rings. The van der Waals surface area contributed by atoms with Crippen LogP contribution >= 0.6 is 11.3 Å². The van der Waals surface area contributed by atoms with Gasteiger partial charge in [0.05, 0.1) is 49.5 Å². The lowest BCUT2D eigenvalue weighted by atomic mass is 9.95. The zero-order valence-corrected chi connectivity index (χ0v) is 33.5. The van der Waals surface area contributed by atoms with Crippen LogP contribution in [-0.4, -0.2) is 83.0 Å². The molecule has 0 saturated carbocycles. The Bertz CT molecular complexity index is 1850. The van der Waals surface area contributed by atoms with Crippen molar-refractivity contribution in [1.82, 2.24) is 26.3 Å². The molecule has 1 aromatic heterocycles. The number of carbonyl (C=O) groups excluding carboxylic acids is 4. The first kappa shape index (κ1) is 43.7.